The van der Waals surface area contributed by atoms with Crippen molar-refractivity contribution < 1.29 is 9.18 Å². The lowest BCUT2D eigenvalue weighted by molar-refractivity contribution is 0.0928. The number of aromatic nitrogens is 4. The molecule has 1 fully saturated rings. The van der Waals surface area contributed by atoms with Crippen LogP contribution in [-0.2, 0) is 7.05 Å². The predicted octanol–water partition coefficient (Wildman–Crippen LogP) is 1.90. The molecule has 26 heavy (non-hydrogen) atoms. The summed E-state index contributed by atoms with van der Waals surface area (Å²) < 4.78 is 15.4. The van der Waals surface area contributed by atoms with Gasteiger partial charge in [-0.2, -0.15) is 0 Å². The van der Waals surface area contributed by atoms with E-state index in [1.807, 2.05) is 7.05 Å². The molecule has 1 amide bonds. The highest BCUT2D eigenvalue weighted by Gasteiger charge is 2.24. The van der Waals surface area contributed by atoms with Crippen LogP contribution in [0, 0.1) is 5.82 Å². The van der Waals surface area contributed by atoms with Gasteiger partial charge in [0.15, 0.2) is 0 Å². The summed E-state index contributed by atoms with van der Waals surface area (Å²) in [6, 6.07) is 4.49. The molecule has 134 valence electrons. The Balaban J connectivity index is 1.54. The number of aryl methyl sites for hydroxylation is 1. The van der Waals surface area contributed by atoms with Crippen molar-refractivity contribution in [2.75, 3.05) is 18.0 Å². The second-order valence-corrected chi connectivity index (χ2v) is 6.54. The van der Waals surface area contributed by atoms with Crippen LogP contribution in [-0.4, -0.2) is 44.6 Å². The standard InChI is InChI=1S/C18H19FN6O/c1-24-9-16(22-11-24)18(26)23-13-3-2-6-25(8-13)17-14-7-12(19)4-5-15(14)20-10-21-17/h4-5,7,9-11,13H,2-3,6,8H2,1H3,(H,23,26). The third kappa shape index (κ3) is 3.22. The zero-order valence-corrected chi connectivity index (χ0v) is 14.4. The summed E-state index contributed by atoms with van der Waals surface area (Å²) in [6.07, 6.45) is 6.58. The first-order valence-corrected chi connectivity index (χ1v) is 8.54. The molecular weight excluding hydrogens is 335 g/mol. The minimum Gasteiger partial charge on any atom is -0.354 e. The van der Waals surface area contributed by atoms with Crippen molar-refractivity contribution in [3.05, 3.63) is 48.6 Å². The van der Waals surface area contributed by atoms with Gasteiger partial charge in [-0.3, -0.25) is 4.79 Å². The number of anilines is 1. The van der Waals surface area contributed by atoms with Crippen LogP contribution in [0.15, 0.2) is 37.1 Å². The van der Waals surface area contributed by atoms with E-state index in [4.69, 9.17) is 0 Å². The van der Waals surface area contributed by atoms with Crippen molar-refractivity contribution in [1.82, 2.24) is 24.8 Å². The van der Waals surface area contributed by atoms with Gasteiger partial charge in [0.05, 0.1) is 11.8 Å². The molecule has 1 unspecified atom stereocenters. The fourth-order valence-corrected chi connectivity index (χ4v) is 3.34. The van der Waals surface area contributed by atoms with Crippen LogP contribution >= 0.6 is 0 Å². The number of fused-ring (bicyclic) bond motifs is 1. The molecule has 1 saturated heterocycles. The highest BCUT2D eigenvalue weighted by atomic mass is 19.1. The van der Waals surface area contributed by atoms with Crippen LogP contribution in [0.4, 0.5) is 10.2 Å². The largest absolute Gasteiger partial charge is 0.354 e. The van der Waals surface area contributed by atoms with Crippen LogP contribution in [0.1, 0.15) is 23.3 Å². The number of hydrogen-bond donors (Lipinski definition) is 1. The molecule has 1 aliphatic heterocycles. The molecule has 7 nitrogen and oxygen atoms in total. The van der Waals surface area contributed by atoms with Crippen molar-refractivity contribution in [1.29, 1.82) is 0 Å². The molecule has 0 spiro atoms. The van der Waals surface area contributed by atoms with Gasteiger partial charge in [0.2, 0.25) is 0 Å². The number of carbonyl (C=O) groups is 1. The summed E-state index contributed by atoms with van der Waals surface area (Å²) in [5, 5.41) is 3.72. The minimum atomic E-state index is -0.314. The summed E-state index contributed by atoms with van der Waals surface area (Å²) in [5.41, 5.74) is 1.11. The number of carbonyl (C=O) groups excluding carboxylic acids is 1. The molecular formula is C18H19FN6O. The number of imidazole rings is 1. The monoisotopic (exact) mass is 354 g/mol. The van der Waals surface area contributed by atoms with E-state index in [2.05, 4.69) is 25.2 Å². The number of piperidine rings is 1. The van der Waals surface area contributed by atoms with Gasteiger partial charge in [0.1, 0.15) is 23.7 Å². The predicted molar refractivity (Wildman–Crippen MR) is 95.4 cm³/mol. The Labute approximate surface area is 149 Å². The van der Waals surface area contributed by atoms with Gasteiger partial charge in [-0.15, -0.1) is 0 Å². The number of halogens is 1. The number of hydrogen-bond acceptors (Lipinski definition) is 5. The van der Waals surface area contributed by atoms with Crippen molar-refractivity contribution in [2.45, 2.75) is 18.9 Å². The number of nitrogens with one attached hydrogen (secondary N) is 1. The first kappa shape index (κ1) is 16.4. The van der Waals surface area contributed by atoms with Crippen LogP contribution < -0.4 is 10.2 Å². The van der Waals surface area contributed by atoms with Crippen molar-refractivity contribution in [3.8, 4) is 0 Å². The molecule has 1 N–H and O–H groups in total. The van der Waals surface area contributed by atoms with E-state index in [0.29, 0.717) is 29.0 Å². The van der Waals surface area contributed by atoms with E-state index in [-0.39, 0.29) is 17.8 Å². The Hall–Kier alpha value is -3.03. The Bertz CT molecular complexity index is 956. The van der Waals surface area contributed by atoms with Gasteiger partial charge < -0.3 is 14.8 Å². The van der Waals surface area contributed by atoms with E-state index >= 15 is 0 Å². The zero-order valence-electron chi connectivity index (χ0n) is 14.4. The third-order valence-electron chi connectivity index (χ3n) is 4.57. The molecule has 4 rings (SSSR count). The van der Waals surface area contributed by atoms with Gasteiger partial charge in [0, 0.05) is 37.8 Å². The van der Waals surface area contributed by atoms with E-state index in [1.165, 1.54) is 18.5 Å². The first-order valence-electron chi connectivity index (χ1n) is 8.54. The molecule has 1 aromatic carbocycles. The molecule has 1 atom stereocenters. The van der Waals surface area contributed by atoms with Crippen LogP contribution in [0.5, 0.6) is 0 Å². The first-order chi connectivity index (χ1) is 12.6. The lowest BCUT2D eigenvalue weighted by Gasteiger charge is -2.34. The second-order valence-electron chi connectivity index (χ2n) is 6.54. The number of nitrogens with zero attached hydrogens (tertiary/aromatic N) is 5. The Kier molecular flexibility index (Phi) is 4.24. The second kappa shape index (κ2) is 6.70. The summed E-state index contributed by atoms with van der Waals surface area (Å²) in [5.74, 6) is 0.202. The summed E-state index contributed by atoms with van der Waals surface area (Å²) in [4.78, 5) is 27.1. The van der Waals surface area contributed by atoms with Crippen LogP contribution in [0.3, 0.4) is 0 Å². The molecule has 3 heterocycles. The topological polar surface area (TPSA) is 75.9 Å². The number of benzene rings is 1. The van der Waals surface area contributed by atoms with Gasteiger partial charge in [-0.1, -0.05) is 0 Å². The molecule has 0 bridgehead atoms. The van der Waals surface area contributed by atoms with Gasteiger partial charge >= 0.3 is 0 Å². The SMILES string of the molecule is Cn1cnc(C(=O)NC2CCCN(c3ncnc4ccc(F)cc34)C2)c1. The smallest absolute Gasteiger partial charge is 0.271 e. The van der Waals surface area contributed by atoms with E-state index in [1.54, 1.807) is 23.2 Å². The maximum atomic E-state index is 13.7. The highest BCUT2D eigenvalue weighted by molar-refractivity contribution is 5.92. The Morgan fingerprint density at radius 1 is 1.31 bits per heavy atom. The molecule has 3 aromatic rings. The van der Waals surface area contributed by atoms with Gasteiger partial charge in [-0.05, 0) is 31.0 Å². The highest BCUT2D eigenvalue weighted by Crippen LogP contribution is 2.26. The maximum absolute atomic E-state index is 13.7. The molecule has 0 saturated carbocycles. The maximum Gasteiger partial charge on any atom is 0.271 e. The van der Waals surface area contributed by atoms with E-state index in [9.17, 15) is 9.18 Å². The van der Waals surface area contributed by atoms with Gasteiger partial charge in [0.25, 0.3) is 5.91 Å². The number of rotatable bonds is 3. The molecule has 2 aromatic heterocycles. The summed E-state index contributed by atoms with van der Waals surface area (Å²) in [7, 11) is 1.82. The fourth-order valence-electron chi connectivity index (χ4n) is 3.34. The minimum absolute atomic E-state index is 0.0168. The third-order valence-corrected chi connectivity index (χ3v) is 4.57. The average molecular weight is 354 g/mol. The summed E-state index contributed by atoms with van der Waals surface area (Å²) >= 11 is 0. The molecule has 0 radical (unpaired) electrons. The number of amides is 1. The Morgan fingerprint density at radius 3 is 3.00 bits per heavy atom. The fraction of sp³-hybridized carbons (Fsp3) is 0.333. The quantitative estimate of drug-likeness (QED) is 0.777. The van der Waals surface area contributed by atoms with E-state index in [0.717, 1.165) is 19.4 Å². The van der Waals surface area contributed by atoms with Crippen molar-refractivity contribution >= 4 is 22.6 Å². The summed E-state index contributed by atoms with van der Waals surface area (Å²) in [6.45, 7) is 1.42. The van der Waals surface area contributed by atoms with Gasteiger partial charge in [-0.25, -0.2) is 19.3 Å². The molecule has 0 aliphatic carbocycles. The lowest BCUT2D eigenvalue weighted by atomic mass is 10.0. The van der Waals surface area contributed by atoms with Crippen molar-refractivity contribution in [2.24, 2.45) is 7.05 Å². The molecule has 1 aliphatic rings. The van der Waals surface area contributed by atoms with Crippen LogP contribution in [0.25, 0.3) is 10.9 Å². The zero-order chi connectivity index (χ0) is 18.1. The van der Waals surface area contributed by atoms with Crippen molar-refractivity contribution in [3.63, 3.8) is 0 Å². The normalized spacial score (nSPS) is 17.5. The van der Waals surface area contributed by atoms with Crippen LogP contribution in [0.2, 0.25) is 0 Å². The lowest BCUT2D eigenvalue weighted by Crippen LogP contribution is -2.48. The average Bonchev–Trinajstić information content (AvgIpc) is 3.08. The molecule has 8 heteroatoms. The van der Waals surface area contributed by atoms with E-state index < -0.39 is 0 Å². The Morgan fingerprint density at radius 2 is 2.19 bits per heavy atom.